The molecule has 1 atom stereocenters. The van der Waals surface area contributed by atoms with E-state index in [0.717, 1.165) is 11.6 Å². The number of benzene rings is 2. The Hall–Kier alpha value is -3.13. The Morgan fingerprint density at radius 2 is 2.04 bits per heavy atom. The Morgan fingerprint density at radius 1 is 1.26 bits per heavy atom. The molecule has 3 rings (SSSR count). The van der Waals surface area contributed by atoms with Gasteiger partial charge in [-0.1, -0.05) is 29.8 Å². The van der Waals surface area contributed by atoms with Gasteiger partial charge in [0, 0.05) is 29.7 Å². The zero-order valence-corrected chi connectivity index (χ0v) is 14.9. The van der Waals surface area contributed by atoms with Crippen molar-refractivity contribution in [2.45, 2.75) is 12.5 Å². The van der Waals surface area contributed by atoms with Crippen molar-refractivity contribution < 1.29 is 19.2 Å². The molecular formula is C18H16ClN3O5. The molecule has 0 saturated heterocycles. The van der Waals surface area contributed by atoms with E-state index in [1.54, 1.807) is 12.1 Å². The van der Waals surface area contributed by atoms with Crippen LogP contribution >= 0.6 is 11.6 Å². The van der Waals surface area contributed by atoms with Gasteiger partial charge < -0.3 is 15.4 Å². The number of nitrogens with one attached hydrogen (secondary N) is 2. The monoisotopic (exact) mass is 389 g/mol. The Balaban J connectivity index is 1.59. The zero-order chi connectivity index (χ0) is 19.4. The minimum Gasteiger partial charge on any atom is -0.492 e. The van der Waals surface area contributed by atoms with E-state index in [1.807, 2.05) is 6.07 Å². The van der Waals surface area contributed by atoms with Crippen LogP contribution in [0.15, 0.2) is 42.5 Å². The summed E-state index contributed by atoms with van der Waals surface area (Å²) in [5.74, 6) is -0.396. The minimum atomic E-state index is -0.586. The number of carbonyl (C=O) groups excluding carboxylic acids is 2. The first-order valence-electron chi connectivity index (χ1n) is 8.19. The number of ether oxygens (including phenoxy) is 1. The fraction of sp³-hybridized carbons (Fsp3) is 0.222. The Labute approximate surface area is 159 Å². The van der Waals surface area contributed by atoms with E-state index < -0.39 is 10.8 Å². The van der Waals surface area contributed by atoms with Gasteiger partial charge in [-0.15, -0.1) is 0 Å². The van der Waals surface area contributed by atoms with Crippen molar-refractivity contribution in [3.05, 3.63) is 68.7 Å². The van der Waals surface area contributed by atoms with E-state index >= 15 is 0 Å². The molecule has 2 amide bonds. The number of non-ortho nitro benzene ring substituents is 1. The van der Waals surface area contributed by atoms with Crippen LogP contribution in [0.2, 0.25) is 5.02 Å². The summed E-state index contributed by atoms with van der Waals surface area (Å²) >= 11 is 6.11. The van der Waals surface area contributed by atoms with Crippen LogP contribution in [-0.4, -0.2) is 29.9 Å². The number of hydrogen-bond acceptors (Lipinski definition) is 5. The molecule has 1 unspecified atom stereocenters. The number of nitro benzene ring substituents is 1. The average molecular weight is 390 g/mol. The molecule has 0 spiro atoms. The quantitative estimate of drug-likeness (QED) is 0.603. The smallest absolute Gasteiger partial charge is 0.270 e. The van der Waals surface area contributed by atoms with Crippen molar-refractivity contribution in [1.82, 2.24) is 10.6 Å². The van der Waals surface area contributed by atoms with E-state index in [4.69, 9.17) is 16.3 Å². The fourth-order valence-electron chi connectivity index (χ4n) is 2.81. The van der Waals surface area contributed by atoms with Crippen molar-refractivity contribution in [3.8, 4) is 5.75 Å². The molecule has 27 heavy (non-hydrogen) atoms. The number of fused-ring (bicyclic) bond motifs is 1. The average Bonchev–Trinajstić information content (AvgIpc) is 2.67. The highest BCUT2D eigenvalue weighted by molar-refractivity contribution is 6.32. The molecule has 1 heterocycles. The van der Waals surface area contributed by atoms with Gasteiger partial charge in [-0.2, -0.15) is 0 Å². The number of amides is 2. The molecule has 8 nitrogen and oxygen atoms in total. The summed E-state index contributed by atoms with van der Waals surface area (Å²) in [5.41, 5.74) is 0.704. The second-order valence-electron chi connectivity index (χ2n) is 5.91. The summed E-state index contributed by atoms with van der Waals surface area (Å²) in [5, 5.41) is 16.6. The summed E-state index contributed by atoms with van der Waals surface area (Å²) in [6.45, 7) is 0.163. The predicted molar refractivity (Wildman–Crippen MR) is 97.9 cm³/mol. The van der Waals surface area contributed by atoms with Crippen LogP contribution in [0, 0.1) is 10.1 Å². The van der Waals surface area contributed by atoms with E-state index in [1.165, 1.54) is 18.2 Å². The van der Waals surface area contributed by atoms with Gasteiger partial charge in [0.15, 0.2) is 0 Å². The molecule has 0 aliphatic carbocycles. The highest BCUT2D eigenvalue weighted by atomic mass is 35.5. The first kappa shape index (κ1) is 18.7. The maximum Gasteiger partial charge on any atom is 0.270 e. The Bertz CT molecular complexity index is 902. The van der Waals surface area contributed by atoms with E-state index in [9.17, 15) is 19.7 Å². The third kappa shape index (κ3) is 4.35. The number of carbonyl (C=O) groups is 2. The number of hydrogen-bond donors (Lipinski definition) is 2. The maximum absolute atomic E-state index is 12.2. The minimum absolute atomic E-state index is 0.111. The Kier molecular flexibility index (Phi) is 5.56. The number of nitro groups is 1. The molecular weight excluding hydrogens is 374 g/mol. The molecule has 0 saturated carbocycles. The van der Waals surface area contributed by atoms with E-state index in [2.05, 4.69) is 10.6 Å². The van der Waals surface area contributed by atoms with E-state index in [-0.39, 0.29) is 29.7 Å². The van der Waals surface area contributed by atoms with Crippen molar-refractivity contribution in [1.29, 1.82) is 0 Å². The summed E-state index contributed by atoms with van der Waals surface area (Å²) in [7, 11) is 0. The molecule has 9 heteroatoms. The fourth-order valence-corrected chi connectivity index (χ4v) is 3.04. The van der Waals surface area contributed by atoms with Crippen molar-refractivity contribution in [2.75, 3.05) is 13.2 Å². The predicted octanol–water partition coefficient (Wildman–Crippen LogP) is 2.62. The first-order valence-corrected chi connectivity index (χ1v) is 8.56. The molecule has 0 bridgehead atoms. The second kappa shape index (κ2) is 8.05. The number of rotatable bonds is 5. The van der Waals surface area contributed by atoms with Gasteiger partial charge in [-0.05, 0) is 12.1 Å². The van der Waals surface area contributed by atoms with Crippen LogP contribution in [0.1, 0.15) is 28.4 Å². The third-order valence-electron chi connectivity index (χ3n) is 4.09. The first-order chi connectivity index (χ1) is 13.0. The molecule has 2 aromatic rings. The van der Waals surface area contributed by atoms with Crippen LogP contribution in [0.3, 0.4) is 0 Å². The standard InChI is InChI=1S/C18H16ClN3O5/c19-14-6-2-5-13-15(7-8-27-17(13)14)21-16(23)10-20-18(24)11-3-1-4-12(9-11)22(25)26/h1-6,9,15H,7-8,10H2,(H,20,24)(H,21,23). The van der Waals surface area contributed by atoms with Crippen LogP contribution in [0.4, 0.5) is 5.69 Å². The number of nitrogens with zero attached hydrogens (tertiary/aromatic N) is 1. The van der Waals surface area contributed by atoms with Gasteiger partial charge in [0.1, 0.15) is 5.75 Å². The van der Waals surface area contributed by atoms with Crippen LogP contribution in [0.5, 0.6) is 5.75 Å². The lowest BCUT2D eigenvalue weighted by molar-refractivity contribution is -0.384. The van der Waals surface area contributed by atoms with Crippen LogP contribution in [-0.2, 0) is 4.79 Å². The van der Waals surface area contributed by atoms with Crippen molar-refractivity contribution >= 4 is 29.1 Å². The van der Waals surface area contributed by atoms with Gasteiger partial charge in [-0.25, -0.2) is 0 Å². The van der Waals surface area contributed by atoms with Gasteiger partial charge in [0.2, 0.25) is 5.91 Å². The van der Waals surface area contributed by atoms with Gasteiger partial charge in [0.25, 0.3) is 11.6 Å². The molecule has 0 aromatic heterocycles. The summed E-state index contributed by atoms with van der Waals surface area (Å²) in [4.78, 5) is 34.5. The maximum atomic E-state index is 12.2. The van der Waals surface area contributed by atoms with Crippen molar-refractivity contribution in [2.24, 2.45) is 0 Å². The SMILES string of the molecule is O=C(CNC(=O)c1cccc([N+](=O)[O-])c1)NC1CCOc2c(Cl)cccc21. The molecule has 140 valence electrons. The topological polar surface area (TPSA) is 111 Å². The normalized spacial score (nSPS) is 15.2. The lowest BCUT2D eigenvalue weighted by Gasteiger charge is -2.27. The van der Waals surface area contributed by atoms with Gasteiger partial charge in [-0.3, -0.25) is 19.7 Å². The van der Waals surface area contributed by atoms with Crippen LogP contribution in [0.25, 0.3) is 0 Å². The molecule has 1 aliphatic heterocycles. The number of para-hydroxylation sites is 1. The lowest BCUT2D eigenvalue weighted by atomic mass is 10.0. The Morgan fingerprint density at radius 3 is 2.81 bits per heavy atom. The molecule has 0 radical (unpaired) electrons. The number of halogens is 1. The molecule has 0 fully saturated rings. The van der Waals surface area contributed by atoms with Crippen molar-refractivity contribution in [3.63, 3.8) is 0 Å². The van der Waals surface area contributed by atoms with Gasteiger partial charge in [0.05, 0.1) is 29.1 Å². The molecule has 1 aliphatic rings. The van der Waals surface area contributed by atoms with Crippen LogP contribution < -0.4 is 15.4 Å². The second-order valence-corrected chi connectivity index (χ2v) is 6.31. The largest absolute Gasteiger partial charge is 0.492 e. The summed E-state index contributed by atoms with van der Waals surface area (Å²) in [6.07, 6.45) is 0.581. The zero-order valence-electron chi connectivity index (χ0n) is 14.1. The lowest BCUT2D eigenvalue weighted by Crippen LogP contribution is -2.40. The molecule has 2 aromatic carbocycles. The van der Waals surface area contributed by atoms with Gasteiger partial charge >= 0.3 is 0 Å². The van der Waals surface area contributed by atoms with E-state index in [0.29, 0.717) is 23.8 Å². The highest BCUT2D eigenvalue weighted by Gasteiger charge is 2.24. The summed E-state index contributed by atoms with van der Waals surface area (Å²) < 4.78 is 5.54. The summed E-state index contributed by atoms with van der Waals surface area (Å²) in [6, 6.07) is 10.3. The third-order valence-corrected chi connectivity index (χ3v) is 4.39. The molecule has 2 N–H and O–H groups in total. The highest BCUT2D eigenvalue weighted by Crippen LogP contribution is 2.37.